The van der Waals surface area contributed by atoms with Crippen LogP contribution in [-0.2, 0) is 6.54 Å². The van der Waals surface area contributed by atoms with Gasteiger partial charge in [-0.2, -0.15) is 13.2 Å². The second-order valence-electron chi connectivity index (χ2n) is 5.29. The predicted molar refractivity (Wildman–Crippen MR) is 78.6 cm³/mol. The number of fused-ring (bicyclic) bond motifs is 1. The molecule has 0 saturated carbocycles. The fourth-order valence-corrected chi connectivity index (χ4v) is 2.42. The molecular formula is C17H12F3NO3. The molecule has 0 fully saturated rings. The number of carbonyl (C=O) groups excluding carboxylic acids is 2. The number of nitrogens with zero attached hydrogens (tertiary/aromatic N) is 1. The van der Waals surface area contributed by atoms with Gasteiger partial charge in [0.15, 0.2) is 6.61 Å². The molecule has 24 heavy (non-hydrogen) atoms. The van der Waals surface area contributed by atoms with Gasteiger partial charge in [0.25, 0.3) is 11.8 Å². The van der Waals surface area contributed by atoms with Crippen LogP contribution < -0.4 is 4.74 Å². The Bertz CT molecular complexity index is 749. The lowest BCUT2D eigenvalue weighted by Gasteiger charge is -2.14. The molecule has 0 bridgehead atoms. The lowest BCUT2D eigenvalue weighted by Crippen LogP contribution is -2.29. The van der Waals surface area contributed by atoms with Crippen molar-refractivity contribution in [2.24, 2.45) is 0 Å². The van der Waals surface area contributed by atoms with Gasteiger partial charge >= 0.3 is 6.18 Å². The second kappa shape index (κ2) is 5.99. The van der Waals surface area contributed by atoms with E-state index in [2.05, 4.69) is 4.74 Å². The van der Waals surface area contributed by atoms with Gasteiger partial charge in [-0.3, -0.25) is 14.5 Å². The predicted octanol–water partition coefficient (Wildman–Crippen LogP) is 3.42. The summed E-state index contributed by atoms with van der Waals surface area (Å²) in [5, 5.41) is 0. The molecule has 0 unspecified atom stereocenters. The van der Waals surface area contributed by atoms with E-state index in [1.54, 1.807) is 24.3 Å². The minimum Gasteiger partial charge on any atom is -0.484 e. The lowest BCUT2D eigenvalue weighted by atomic mass is 10.1. The summed E-state index contributed by atoms with van der Waals surface area (Å²) in [4.78, 5) is 25.6. The summed E-state index contributed by atoms with van der Waals surface area (Å²) >= 11 is 0. The Morgan fingerprint density at radius 1 is 0.875 bits per heavy atom. The normalized spacial score (nSPS) is 14.0. The minimum atomic E-state index is -4.40. The summed E-state index contributed by atoms with van der Waals surface area (Å²) in [5.41, 5.74) is 1.32. The van der Waals surface area contributed by atoms with E-state index in [1.807, 2.05) is 0 Å². The highest BCUT2D eigenvalue weighted by atomic mass is 19.4. The molecular weight excluding hydrogens is 323 g/mol. The maximum atomic E-state index is 12.2. The number of ether oxygens (including phenoxy) is 1. The van der Waals surface area contributed by atoms with Gasteiger partial charge in [0.05, 0.1) is 17.7 Å². The molecule has 2 aromatic rings. The number of benzene rings is 2. The zero-order chi connectivity index (χ0) is 17.3. The third kappa shape index (κ3) is 3.24. The molecule has 0 aromatic heterocycles. The molecule has 0 spiro atoms. The van der Waals surface area contributed by atoms with Gasteiger partial charge in [-0.1, -0.05) is 24.3 Å². The standard InChI is InChI=1S/C17H12F3NO3/c18-17(19,20)10-24-12-7-5-11(6-8-12)9-21-15(22)13-3-1-2-4-14(13)16(21)23/h1-8H,9-10H2. The van der Waals surface area contributed by atoms with Gasteiger partial charge in [-0.05, 0) is 29.8 Å². The summed E-state index contributed by atoms with van der Waals surface area (Å²) in [6.45, 7) is -1.32. The van der Waals surface area contributed by atoms with Crippen LogP contribution in [0.2, 0.25) is 0 Å². The van der Waals surface area contributed by atoms with Crippen molar-refractivity contribution >= 4 is 11.8 Å². The first-order chi connectivity index (χ1) is 11.3. The molecule has 1 aliphatic heterocycles. The van der Waals surface area contributed by atoms with Gasteiger partial charge in [0.2, 0.25) is 0 Å². The second-order valence-corrected chi connectivity index (χ2v) is 5.29. The van der Waals surface area contributed by atoms with Gasteiger partial charge in [0.1, 0.15) is 5.75 Å². The Balaban J connectivity index is 1.69. The highest BCUT2D eigenvalue weighted by Crippen LogP contribution is 2.25. The van der Waals surface area contributed by atoms with Crippen LogP contribution in [0.15, 0.2) is 48.5 Å². The van der Waals surface area contributed by atoms with Gasteiger partial charge in [0, 0.05) is 0 Å². The molecule has 3 rings (SSSR count). The van der Waals surface area contributed by atoms with Crippen LogP contribution in [0.5, 0.6) is 5.75 Å². The van der Waals surface area contributed by atoms with E-state index in [1.165, 1.54) is 24.3 Å². The number of amides is 2. The number of rotatable bonds is 4. The van der Waals surface area contributed by atoms with Gasteiger partial charge < -0.3 is 4.74 Å². The smallest absolute Gasteiger partial charge is 0.422 e. The van der Waals surface area contributed by atoms with Crippen molar-refractivity contribution in [2.45, 2.75) is 12.7 Å². The van der Waals surface area contributed by atoms with Crippen LogP contribution in [0, 0.1) is 0 Å². The number of halogens is 3. The van der Waals surface area contributed by atoms with Crippen molar-refractivity contribution < 1.29 is 27.5 Å². The fourth-order valence-electron chi connectivity index (χ4n) is 2.42. The topological polar surface area (TPSA) is 46.6 Å². The van der Waals surface area contributed by atoms with Crippen molar-refractivity contribution in [1.82, 2.24) is 4.90 Å². The maximum absolute atomic E-state index is 12.2. The number of imide groups is 1. The Kier molecular flexibility index (Phi) is 4.01. The molecule has 7 heteroatoms. The maximum Gasteiger partial charge on any atom is 0.422 e. The monoisotopic (exact) mass is 335 g/mol. The first-order valence-corrected chi connectivity index (χ1v) is 7.09. The quantitative estimate of drug-likeness (QED) is 0.804. The van der Waals surface area contributed by atoms with E-state index in [4.69, 9.17) is 0 Å². The molecule has 0 radical (unpaired) electrons. The van der Waals surface area contributed by atoms with Gasteiger partial charge in [-0.25, -0.2) is 0 Å². The van der Waals surface area contributed by atoms with Crippen LogP contribution in [-0.4, -0.2) is 29.5 Å². The van der Waals surface area contributed by atoms with Crippen molar-refractivity contribution in [3.8, 4) is 5.75 Å². The SMILES string of the molecule is O=C1c2ccccc2C(=O)N1Cc1ccc(OCC(F)(F)F)cc1. The van der Waals surface area contributed by atoms with E-state index in [0.29, 0.717) is 16.7 Å². The highest BCUT2D eigenvalue weighted by molar-refractivity contribution is 6.21. The highest BCUT2D eigenvalue weighted by Gasteiger charge is 2.35. The van der Waals surface area contributed by atoms with Crippen molar-refractivity contribution in [2.75, 3.05) is 6.61 Å². The number of alkyl halides is 3. The minimum absolute atomic E-state index is 0.0475. The van der Waals surface area contributed by atoms with E-state index < -0.39 is 12.8 Å². The molecule has 1 heterocycles. The number of hydrogen-bond acceptors (Lipinski definition) is 3. The van der Waals surface area contributed by atoms with Gasteiger partial charge in [-0.15, -0.1) is 0 Å². The molecule has 124 valence electrons. The average Bonchev–Trinajstić information content (AvgIpc) is 2.79. The third-order valence-corrected chi connectivity index (χ3v) is 3.54. The van der Waals surface area contributed by atoms with Crippen molar-refractivity contribution in [3.63, 3.8) is 0 Å². The average molecular weight is 335 g/mol. The van der Waals surface area contributed by atoms with E-state index in [9.17, 15) is 22.8 Å². The summed E-state index contributed by atoms with van der Waals surface area (Å²) in [5.74, 6) is -0.695. The zero-order valence-electron chi connectivity index (χ0n) is 12.3. The van der Waals surface area contributed by atoms with Crippen molar-refractivity contribution in [1.29, 1.82) is 0 Å². The van der Waals surface area contributed by atoms with Crippen LogP contribution in [0.4, 0.5) is 13.2 Å². The first-order valence-electron chi connectivity index (χ1n) is 7.09. The largest absolute Gasteiger partial charge is 0.484 e. The van der Waals surface area contributed by atoms with E-state index >= 15 is 0 Å². The summed E-state index contributed by atoms with van der Waals surface area (Å²) < 4.78 is 40.9. The summed E-state index contributed by atoms with van der Waals surface area (Å²) in [7, 11) is 0. The molecule has 0 N–H and O–H groups in total. The van der Waals surface area contributed by atoms with E-state index in [0.717, 1.165) is 4.90 Å². The fraction of sp³-hybridized carbons (Fsp3) is 0.176. The number of hydrogen-bond donors (Lipinski definition) is 0. The Labute approximate surface area is 135 Å². The first kappa shape index (κ1) is 16.0. The Morgan fingerprint density at radius 3 is 1.92 bits per heavy atom. The lowest BCUT2D eigenvalue weighted by molar-refractivity contribution is -0.153. The summed E-state index contributed by atoms with van der Waals surface area (Å²) in [6.07, 6.45) is -4.40. The van der Waals surface area contributed by atoms with Crippen molar-refractivity contribution in [3.05, 3.63) is 65.2 Å². The Hall–Kier alpha value is -2.83. The summed E-state index contributed by atoms with van der Waals surface area (Å²) in [6, 6.07) is 12.3. The molecule has 1 aliphatic rings. The van der Waals surface area contributed by atoms with Crippen LogP contribution in [0.3, 0.4) is 0 Å². The number of carbonyl (C=O) groups is 2. The van der Waals surface area contributed by atoms with Crippen LogP contribution >= 0.6 is 0 Å². The molecule has 0 aliphatic carbocycles. The molecule has 0 saturated heterocycles. The van der Waals surface area contributed by atoms with E-state index in [-0.39, 0.29) is 24.1 Å². The van der Waals surface area contributed by atoms with Crippen LogP contribution in [0.25, 0.3) is 0 Å². The zero-order valence-corrected chi connectivity index (χ0v) is 12.3. The third-order valence-electron chi connectivity index (χ3n) is 3.54. The molecule has 0 atom stereocenters. The van der Waals surface area contributed by atoms with Crippen LogP contribution in [0.1, 0.15) is 26.3 Å². The Morgan fingerprint density at radius 2 is 1.42 bits per heavy atom. The molecule has 2 aromatic carbocycles. The molecule has 2 amide bonds. The molecule has 4 nitrogen and oxygen atoms in total.